The van der Waals surface area contributed by atoms with Gasteiger partial charge in [0.25, 0.3) is 0 Å². The maximum absolute atomic E-state index is 11.2. The fourth-order valence-corrected chi connectivity index (χ4v) is 2.19. The third kappa shape index (κ3) is 1.46. The van der Waals surface area contributed by atoms with E-state index in [1.807, 2.05) is 13.8 Å². The summed E-state index contributed by atoms with van der Waals surface area (Å²) in [6, 6.07) is 0. The van der Waals surface area contributed by atoms with Gasteiger partial charge < -0.3 is 9.47 Å². The Kier molecular flexibility index (Phi) is 2.14. The molecular weight excluding hydrogens is 180 g/mol. The van der Waals surface area contributed by atoms with Crippen molar-refractivity contribution in [3.05, 3.63) is 12.2 Å². The lowest BCUT2D eigenvalue weighted by atomic mass is 9.87. The molecule has 0 bridgehead atoms. The van der Waals surface area contributed by atoms with Gasteiger partial charge >= 0.3 is 5.97 Å². The van der Waals surface area contributed by atoms with Crippen LogP contribution in [0.25, 0.3) is 0 Å². The van der Waals surface area contributed by atoms with Crippen LogP contribution in [-0.4, -0.2) is 23.8 Å². The van der Waals surface area contributed by atoms with Crippen LogP contribution in [0.4, 0.5) is 0 Å². The quantitative estimate of drug-likeness (QED) is 0.474. The summed E-state index contributed by atoms with van der Waals surface area (Å²) in [5.41, 5.74) is 0.648. The van der Waals surface area contributed by atoms with E-state index in [1.165, 1.54) is 0 Å². The molecule has 0 aromatic carbocycles. The van der Waals surface area contributed by atoms with Crippen molar-refractivity contribution >= 4 is 5.97 Å². The van der Waals surface area contributed by atoms with E-state index in [1.54, 1.807) is 0 Å². The highest BCUT2D eigenvalue weighted by molar-refractivity contribution is 5.73. The van der Waals surface area contributed by atoms with Crippen LogP contribution in [0.1, 0.15) is 33.1 Å². The Bertz CT molecular complexity index is 284. The summed E-state index contributed by atoms with van der Waals surface area (Å²) >= 11 is 0. The number of hydrogen-bond acceptors (Lipinski definition) is 3. The van der Waals surface area contributed by atoms with Gasteiger partial charge in [0.05, 0.1) is 12.5 Å². The average Bonchev–Trinajstić information content (AvgIpc) is 2.37. The van der Waals surface area contributed by atoms with Gasteiger partial charge in [-0.05, 0) is 26.7 Å². The summed E-state index contributed by atoms with van der Waals surface area (Å²) in [4.78, 5) is 11.2. The summed E-state index contributed by atoms with van der Waals surface area (Å²) in [5.74, 6) is -0.139. The molecule has 2 fully saturated rings. The monoisotopic (exact) mass is 196 g/mol. The second-order valence-corrected chi connectivity index (χ2v) is 4.49. The van der Waals surface area contributed by atoms with Gasteiger partial charge in [-0.1, -0.05) is 12.2 Å². The van der Waals surface area contributed by atoms with Crippen LogP contribution < -0.4 is 0 Å². The Balaban J connectivity index is 2.11. The van der Waals surface area contributed by atoms with Crippen molar-refractivity contribution in [2.75, 3.05) is 0 Å². The Hall–Kier alpha value is -0.830. The fourth-order valence-electron chi connectivity index (χ4n) is 2.19. The third-order valence-electron chi connectivity index (χ3n) is 3.16. The average molecular weight is 196 g/mol. The number of hydrogen-bond donors (Lipinski definition) is 0. The minimum Gasteiger partial charge on any atom is -0.456 e. The zero-order chi connectivity index (χ0) is 10.3. The molecule has 0 aromatic heterocycles. The van der Waals surface area contributed by atoms with Crippen molar-refractivity contribution in [1.82, 2.24) is 0 Å². The number of esters is 1. The molecule has 0 saturated carbocycles. The van der Waals surface area contributed by atoms with Gasteiger partial charge in [-0.2, -0.15) is 0 Å². The maximum Gasteiger partial charge on any atom is 0.309 e. The van der Waals surface area contributed by atoms with Gasteiger partial charge in [-0.3, -0.25) is 4.79 Å². The first-order chi connectivity index (χ1) is 6.51. The van der Waals surface area contributed by atoms with Gasteiger partial charge in [0.15, 0.2) is 0 Å². The minimum absolute atomic E-state index is 0.0783. The first-order valence-electron chi connectivity index (χ1n) is 5.04. The van der Waals surface area contributed by atoms with Crippen molar-refractivity contribution in [1.29, 1.82) is 0 Å². The molecule has 78 valence electrons. The predicted octanol–water partition coefficient (Wildman–Crippen LogP) is 1.82. The lowest BCUT2D eigenvalue weighted by Crippen LogP contribution is -2.45. The van der Waals surface area contributed by atoms with Crippen LogP contribution in [0.3, 0.4) is 0 Å². The highest BCUT2D eigenvalue weighted by Gasteiger charge is 2.50. The van der Waals surface area contributed by atoms with Crippen LogP contribution in [0, 0.1) is 0 Å². The molecule has 0 radical (unpaired) electrons. The van der Waals surface area contributed by atoms with Gasteiger partial charge in [0.2, 0.25) is 0 Å². The van der Waals surface area contributed by atoms with E-state index in [4.69, 9.17) is 9.47 Å². The SMILES string of the molecule is C=C(C)C1CCC2(C)OC(=O)CC2O1. The molecule has 2 rings (SSSR count). The van der Waals surface area contributed by atoms with Crippen molar-refractivity contribution < 1.29 is 14.3 Å². The Morgan fingerprint density at radius 1 is 1.64 bits per heavy atom. The molecule has 0 aliphatic carbocycles. The summed E-state index contributed by atoms with van der Waals surface area (Å²) in [5, 5.41) is 0. The van der Waals surface area contributed by atoms with E-state index in [0.717, 1.165) is 18.4 Å². The molecular formula is C11H16O3. The van der Waals surface area contributed by atoms with E-state index >= 15 is 0 Å². The zero-order valence-corrected chi connectivity index (χ0v) is 8.71. The summed E-state index contributed by atoms with van der Waals surface area (Å²) in [6.07, 6.45) is 2.18. The minimum atomic E-state index is -0.386. The molecule has 3 atom stereocenters. The Morgan fingerprint density at radius 3 is 3.00 bits per heavy atom. The number of carbonyl (C=O) groups is 1. The lowest BCUT2D eigenvalue weighted by Gasteiger charge is -2.38. The molecule has 2 saturated heterocycles. The van der Waals surface area contributed by atoms with Crippen molar-refractivity contribution in [3.63, 3.8) is 0 Å². The van der Waals surface area contributed by atoms with Gasteiger partial charge in [0, 0.05) is 0 Å². The van der Waals surface area contributed by atoms with E-state index in [0.29, 0.717) is 6.42 Å². The molecule has 14 heavy (non-hydrogen) atoms. The number of rotatable bonds is 1. The molecule has 2 heterocycles. The molecule has 0 aromatic rings. The molecule has 3 unspecified atom stereocenters. The Labute approximate surface area is 84.1 Å². The van der Waals surface area contributed by atoms with Gasteiger partial charge in [-0.15, -0.1) is 0 Å². The van der Waals surface area contributed by atoms with E-state index < -0.39 is 0 Å². The first kappa shape index (κ1) is 9.71. The lowest BCUT2D eigenvalue weighted by molar-refractivity contribution is -0.161. The highest BCUT2D eigenvalue weighted by Crippen LogP contribution is 2.40. The van der Waals surface area contributed by atoms with Gasteiger partial charge in [0.1, 0.15) is 11.7 Å². The molecule has 0 spiro atoms. The van der Waals surface area contributed by atoms with Crippen LogP contribution in [-0.2, 0) is 14.3 Å². The van der Waals surface area contributed by atoms with E-state index in [2.05, 4.69) is 6.58 Å². The topological polar surface area (TPSA) is 35.5 Å². The van der Waals surface area contributed by atoms with Gasteiger partial charge in [-0.25, -0.2) is 0 Å². The fraction of sp³-hybridized carbons (Fsp3) is 0.727. The van der Waals surface area contributed by atoms with Crippen molar-refractivity contribution in [2.24, 2.45) is 0 Å². The highest BCUT2D eigenvalue weighted by atomic mass is 16.6. The second kappa shape index (κ2) is 3.09. The molecule has 3 heteroatoms. The zero-order valence-electron chi connectivity index (χ0n) is 8.71. The van der Waals surface area contributed by atoms with Crippen molar-refractivity contribution in [2.45, 2.75) is 50.9 Å². The molecule has 2 aliphatic heterocycles. The standard InChI is InChI=1S/C11H16O3/c1-7(2)8-4-5-11(3)9(13-8)6-10(12)14-11/h8-9H,1,4-6H2,2-3H3. The molecule has 0 amide bonds. The first-order valence-corrected chi connectivity index (χ1v) is 5.04. The number of carbonyl (C=O) groups excluding carboxylic acids is 1. The predicted molar refractivity (Wildman–Crippen MR) is 51.8 cm³/mol. The van der Waals surface area contributed by atoms with Crippen LogP contribution >= 0.6 is 0 Å². The summed E-state index contributed by atoms with van der Waals surface area (Å²) in [6.45, 7) is 7.80. The second-order valence-electron chi connectivity index (χ2n) is 4.49. The maximum atomic E-state index is 11.2. The van der Waals surface area contributed by atoms with E-state index in [9.17, 15) is 4.79 Å². The number of fused-ring (bicyclic) bond motifs is 1. The molecule has 2 aliphatic rings. The normalized spacial score (nSPS) is 41.7. The van der Waals surface area contributed by atoms with E-state index in [-0.39, 0.29) is 23.8 Å². The van der Waals surface area contributed by atoms with Crippen LogP contribution in [0.5, 0.6) is 0 Å². The Morgan fingerprint density at radius 2 is 2.36 bits per heavy atom. The summed E-state index contributed by atoms with van der Waals surface area (Å²) < 4.78 is 11.1. The smallest absolute Gasteiger partial charge is 0.309 e. The largest absolute Gasteiger partial charge is 0.456 e. The van der Waals surface area contributed by atoms with Crippen LogP contribution in [0.2, 0.25) is 0 Å². The van der Waals surface area contributed by atoms with Crippen molar-refractivity contribution in [3.8, 4) is 0 Å². The number of ether oxygens (including phenoxy) is 2. The van der Waals surface area contributed by atoms with Crippen LogP contribution in [0.15, 0.2) is 12.2 Å². The summed E-state index contributed by atoms with van der Waals surface area (Å²) in [7, 11) is 0. The third-order valence-corrected chi connectivity index (χ3v) is 3.16. The molecule has 0 N–H and O–H groups in total. The molecule has 3 nitrogen and oxygen atoms in total.